The molecule has 2 heterocycles. The van der Waals surface area contributed by atoms with Crippen LogP contribution in [0.2, 0.25) is 0 Å². The number of carbonyl (C=O) groups is 1. The van der Waals surface area contributed by atoms with Crippen LogP contribution in [0.25, 0.3) is 0 Å². The first-order valence-electron chi connectivity index (χ1n) is 7.84. The van der Waals surface area contributed by atoms with E-state index < -0.39 is 0 Å². The minimum Gasteiger partial charge on any atom is -0.336 e. The van der Waals surface area contributed by atoms with E-state index in [-0.39, 0.29) is 11.2 Å². The second kappa shape index (κ2) is 5.94. The van der Waals surface area contributed by atoms with Crippen molar-refractivity contribution in [2.45, 2.75) is 81.4 Å². The van der Waals surface area contributed by atoms with Crippen LogP contribution in [0.5, 0.6) is 0 Å². The van der Waals surface area contributed by atoms with Crippen LogP contribution < -0.4 is 0 Å². The Hall–Kier alpha value is -1.11. The third-order valence-corrected chi connectivity index (χ3v) is 5.47. The molecule has 1 amide bonds. The topological polar surface area (TPSA) is 63.9 Å². The van der Waals surface area contributed by atoms with Crippen LogP contribution >= 0.6 is 11.8 Å². The predicted octanol–water partition coefficient (Wildman–Crippen LogP) is 2.28. The van der Waals surface area contributed by atoms with Crippen molar-refractivity contribution in [3.63, 3.8) is 0 Å². The summed E-state index contributed by atoms with van der Waals surface area (Å²) in [6, 6.07) is 1.12. The van der Waals surface area contributed by atoms with Crippen LogP contribution in [0.1, 0.15) is 58.9 Å². The Bertz CT molecular complexity index is 505. The number of aromatic nitrogens is 4. The maximum absolute atomic E-state index is 12.8. The highest BCUT2D eigenvalue weighted by molar-refractivity contribution is 8.00. The summed E-state index contributed by atoms with van der Waals surface area (Å²) in [5, 5.41) is 12.5. The van der Waals surface area contributed by atoms with Crippen LogP contribution in [0, 0.1) is 0 Å². The lowest BCUT2D eigenvalue weighted by molar-refractivity contribution is -0.136. The van der Waals surface area contributed by atoms with Gasteiger partial charge in [0.2, 0.25) is 11.1 Å². The molecule has 3 unspecified atom stereocenters. The molecular formula is C14H23N5OS. The van der Waals surface area contributed by atoms with Crippen LogP contribution in [0.15, 0.2) is 5.16 Å². The van der Waals surface area contributed by atoms with E-state index in [0.717, 1.165) is 30.8 Å². The van der Waals surface area contributed by atoms with Gasteiger partial charge in [0.05, 0.1) is 11.3 Å². The van der Waals surface area contributed by atoms with Gasteiger partial charge in [-0.1, -0.05) is 11.8 Å². The summed E-state index contributed by atoms with van der Waals surface area (Å²) in [4.78, 5) is 14.8. The summed E-state index contributed by atoms with van der Waals surface area (Å²) in [7, 11) is 0. The van der Waals surface area contributed by atoms with Gasteiger partial charge in [-0.2, -0.15) is 0 Å². The number of rotatable bonds is 4. The Labute approximate surface area is 129 Å². The summed E-state index contributed by atoms with van der Waals surface area (Å²) >= 11 is 1.49. The molecule has 1 saturated heterocycles. The van der Waals surface area contributed by atoms with Gasteiger partial charge in [-0.05, 0) is 63.3 Å². The van der Waals surface area contributed by atoms with Gasteiger partial charge in [-0.15, -0.1) is 5.10 Å². The molecule has 1 aliphatic carbocycles. The Balaban J connectivity index is 1.67. The molecule has 0 aromatic carbocycles. The number of likely N-dealkylation sites (tertiary alicyclic amines) is 1. The molecule has 6 nitrogen and oxygen atoms in total. The zero-order chi connectivity index (χ0) is 15.0. The molecule has 3 rings (SSSR count). The smallest absolute Gasteiger partial charge is 0.236 e. The quantitative estimate of drug-likeness (QED) is 0.798. The third kappa shape index (κ3) is 3.07. The van der Waals surface area contributed by atoms with Crippen LogP contribution in [-0.2, 0) is 4.79 Å². The third-order valence-electron chi connectivity index (χ3n) is 4.43. The van der Waals surface area contributed by atoms with E-state index in [4.69, 9.17) is 0 Å². The molecule has 1 aliphatic heterocycles. The van der Waals surface area contributed by atoms with E-state index in [1.54, 1.807) is 0 Å². The second-order valence-corrected chi connectivity index (χ2v) is 7.58. The molecule has 0 radical (unpaired) electrons. The van der Waals surface area contributed by atoms with Gasteiger partial charge >= 0.3 is 0 Å². The molecule has 2 aliphatic rings. The number of hydrogen-bond acceptors (Lipinski definition) is 5. The highest BCUT2D eigenvalue weighted by Crippen LogP contribution is 2.37. The molecule has 3 atom stereocenters. The van der Waals surface area contributed by atoms with Gasteiger partial charge in [0, 0.05) is 12.1 Å². The van der Waals surface area contributed by atoms with Crippen LogP contribution in [0.3, 0.4) is 0 Å². The lowest BCUT2D eigenvalue weighted by atomic mass is 9.97. The molecule has 1 aromatic rings. The summed E-state index contributed by atoms with van der Waals surface area (Å²) in [6.07, 6.45) is 5.70. The molecule has 116 valence electrons. The molecule has 2 fully saturated rings. The fraction of sp³-hybridized carbons (Fsp3) is 0.857. The van der Waals surface area contributed by atoms with Gasteiger partial charge in [0.15, 0.2) is 0 Å². The van der Waals surface area contributed by atoms with Crippen molar-refractivity contribution in [2.75, 3.05) is 0 Å². The molecule has 0 N–H and O–H groups in total. The first-order chi connectivity index (χ1) is 10.1. The SMILES string of the molecule is CC(Sc1nnnn1C1CC1)C(=O)N1C(C)CCCC1C. The van der Waals surface area contributed by atoms with Crippen molar-refractivity contribution < 1.29 is 4.79 Å². The fourth-order valence-electron chi connectivity index (χ4n) is 3.09. The van der Waals surface area contributed by atoms with Gasteiger partial charge in [0.1, 0.15) is 0 Å². The fourth-order valence-corrected chi connectivity index (χ4v) is 4.00. The van der Waals surface area contributed by atoms with E-state index in [1.165, 1.54) is 18.2 Å². The van der Waals surface area contributed by atoms with E-state index in [9.17, 15) is 4.79 Å². The minimum atomic E-state index is -0.142. The first kappa shape index (κ1) is 14.8. The van der Waals surface area contributed by atoms with Gasteiger partial charge < -0.3 is 4.90 Å². The van der Waals surface area contributed by atoms with Crippen molar-refractivity contribution in [3.05, 3.63) is 0 Å². The van der Waals surface area contributed by atoms with Crippen molar-refractivity contribution in [3.8, 4) is 0 Å². The summed E-state index contributed by atoms with van der Waals surface area (Å²) < 4.78 is 1.87. The maximum atomic E-state index is 12.8. The van der Waals surface area contributed by atoms with E-state index >= 15 is 0 Å². The number of nitrogens with zero attached hydrogens (tertiary/aromatic N) is 5. The van der Waals surface area contributed by atoms with Crippen LogP contribution in [-0.4, -0.2) is 48.3 Å². The largest absolute Gasteiger partial charge is 0.336 e. The highest BCUT2D eigenvalue weighted by Gasteiger charge is 2.34. The van der Waals surface area contributed by atoms with Crippen molar-refractivity contribution in [2.24, 2.45) is 0 Å². The number of piperidine rings is 1. The average Bonchev–Trinajstić information content (AvgIpc) is 3.19. The Morgan fingerprint density at radius 2 is 1.90 bits per heavy atom. The van der Waals surface area contributed by atoms with Crippen molar-refractivity contribution >= 4 is 17.7 Å². The van der Waals surface area contributed by atoms with E-state index in [2.05, 4.69) is 34.3 Å². The molecular weight excluding hydrogens is 286 g/mol. The minimum absolute atomic E-state index is 0.142. The van der Waals surface area contributed by atoms with Gasteiger partial charge in [-0.25, -0.2) is 4.68 Å². The lowest BCUT2D eigenvalue weighted by Crippen LogP contribution is -2.50. The number of amides is 1. The molecule has 7 heteroatoms. The van der Waals surface area contributed by atoms with Gasteiger partial charge in [-0.3, -0.25) is 4.79 Å². The zero-order valence-corrected chi connectivity index (χ0v) is 13.7. The van der Waals surface area contributed by atoms with Crippen molar-refractivity contribution in [1.82, 2.24) is 25.1 Å². The normalized spacial score (nSPS) is 27.7. The predicted molar refractivity (Wildman–Crippen MR) is 81.0 cm³/mol. The van der Waals surface area contributed by atoms with Crippen LogP contribution in [0.4, 0.5) is 0 Å². The molecule has 0 bridgehead atoms. The zero-order valence-electron chi connectivity index (χ0n) is 12.9. The number of hydrogen-bond donors (Lipinski definition) is 0. The summed E-state index contributed by atoms with van der Waals surface area (Å²) in [5.41, 5.74) is 0. The molecule has 0 spiro atoms. The highest BCUT2D eigenvalue weighted by atomic mass is 32.2. The Morgan fingerprint density at radius 1 is 1.24 bits per heavy atom. The molecule has 1 aromatic heterocycles. The molecule has 1 saturated carbocycles. The van der Waals surface area contributed by atoms with Gasteiger partial charge in [0.25, 0.3) is 0 Å². The van der Waals surface area contributed by atoms with E-state index in [0.29, 0.717) is 18.1 Å². The summed E-state index contributed by atoms with van der Waals surface area (Å²) in [6.45, 7) is 6.27. The number of thioether (sulfide) groups is 1. The van der Waals surface area contributed by atoms with E-state index in [1.807, 2.05) is 11.6 Å². The monoisotopic (exact) mass is 309 g/mol. The average molecular weight is 309 g/mol. The lowest BCUT2D eigenvalue weighted by Gasteiger charge is -2.40. The van der Waals surface area contributed by atoms with Crippen molar-refractivity contribution in [1.29, 1.82) is 0 Å². The maximum Gasteiger partial charge on any atom is 0.236 e. The second-order valence-electron chi connectivity index (χ2n) is 6.27. The standard InChI is InChI=1S/C14H23N5OS/c1-9-5-4-6-10(2)18(9)13(20)11(3)21-14-15-16-17-19(14)12-7-8-12/h9-12H,4-8H2,1-3H3. The molecule has 21 heavy (non-hydrogen) atoms. The summed E-state index contributed by atoms with van der Waals surface area (Å²) in [5.74, 6) is 0.213. The Morgan fingerprint density at radius 3 is 2.52 bits per heavy atom. The Kier molecular flexibility index (Phi) is 4.19. The number of carbonyl (C=O) groups excluding carboxylic acids is 1. The first-order valence-corrected chi connectivity index (χ1v) is 8.72. The number of tetrazole rings is 1.